The van der Waals surface area contributed by atoms with Gasteiger partial charge >= 0.3 is 0 Å². The summed E-state index contributed by atoms with van der Waals surface area (Å²) in [6.45, 7) is 1.63. The number of ether oxygens (including phenoxy) is 1. The fourth-order valence-electron chi connectivity index (χ4n) is 2.86. The molecule has 0 aliphatic rings. The number of nitrogens with one attached hydrogen (secondary N) is 2. The lowest BCUT2D eigenvalue weighted by Crippen LogP contribution is -2.31. The molecule has 8 heteroatoms. The quantitative estimate of drug-likeness (QED) is 0.527. The summed E-state index contributed by atoms with van der Waals surface area (Å²) in [5.74, 6) is 1.19. The first kappa shape index (κ1) is 18.4. The van der Waals surface area contributed by atoms with Gasteiger partial charge in [-0.2, -0.15) is 9.50 Å². The van der Waals surface area contributed by atoms with Crippen molar-refractivity contribution in [2.45, 2.75) is 19.4 Å². The van der Waals surface area contributed by atoms with Crippen molar-refractivity contribution in [2.24, 2.45) is 0 Å². The Morgan fingerprint density at radius 2 is 1.83 bits per heavy atom. The zero-order chi connectivity index (χ0) is 20.2. The molecule has 8 nitrogen and oxygen atoms in total. The second-order valence-corrected chi connectivity index (χ2v) is 6.51. The van der Waals surface area contributed by atoms with Gasteiger partial charge in [0.25, 0.3) is 11.5 Å². The summed E-state index contributed by atoms with van der Waals surface area (Å²) in [5, 5.41) is 7.12. The molecule has 0 saturated heterocycles. The van der Waals surface area contributed by atoms with Crippen LogP contribution in [0.3, 0.4) is 0 Å². The minimum Gasteiger partial charge on any atom is -0.481 e. The Hall–Kier alpha value is -3.94. The van der Waals surface area contributed by atoms with E-state index >= 15 is 0 Å². The molecule has 4 aromatic rings. The van der Waals surface area contributed by atoms with Crippen molar-refractivity contribution in [3.05, 3.63) is 88.5 Å². The summed E-state index contributed by atoms with van der Waals surface area (Å²) < 4.78 is 7.04. The van der Waals surface area contributed by atoms with Gasteiger partial charge in [0.05, 0.1) is 0 Å². The van der Waals surface area contributed by atoms with Gasteiger partial charge in [-0.25, -0.2) is 0 Å². The lowest BCUT2D eigenvalue weighted by molar-refractivity contribution is -0.122. The van der Waals surface area contributed by atoms with Crippen LogP contribution in [0.2, 0.25) is 0 Å². The van der Waals surface area contributed by atoms with Crippen LogP contribution in [-0.4, -0.2) is 31.6 Å². The number of nitrogens with zero attached hydrogens (tertiary/aromatic N) is 3. The standard InChI is InChI=1S/C21H19N5O3/c1-14(29-16-10-6-3-7-11-16)20(28)23-18-13-19(27)24-21-22-17(25-26(18)21)12-15-8-4-2-5-9-15/h2-11,13-14H,12H2,1H3,(H,23,28)(H,22,24,25,27)/t14-/m1/s1. The Bertz CT molecular complexity index is 1190. The fraction of sp³-hybridized carbons (Fsp3) is 0.143. The molecule has 1 amide bonds. The van der Waals surface area contributed by atoms with Crippen molar-refractivity contribution in [1.82, 2.24) is 19.6 Å². The fourth-order valence-corrected chi connectivity index (χ4v) is 2.86. The third-order valence-electron chi connectivity index (χ3n) is 4.26. The van der Waals surface area contributed by atoms with E-state index in [0.29, 0.717) is 18.0 Å². The van der Waals surface area contributed by atoms with E-state index in [1.807, 2.05) is 48.5 Å². The Morgan fingerprint density at radius 1 is 1.14 bits per heavy atom. The van der Waals surface area contributed by atoms with Crippen molar-refractivity contribution in [1.29, 1.82) is 0 Å². The van der Waals surface area contributed by atoms with Gasteiger partial charge in [-0.3, -0.25) is 14.6 Å². The molecule has 0 fully saturated rings. The summed E-state index contributed by atoms with van der Waals surface area (Å²) in [6.07, 6.45) is -0.259. The van der Waals surface area contributed by atoms with Crippen LogP contribution in [0.4, 0.5) is 5.82 Å². The number of benzene rings is 2. The smallest absolute Gasteiger partial charge is 0.266 e. The summed E-state index contributed by atoms with van der Waals surface area (Å²) in [4.78, 5) is 31.5. The Balaban J connectivity index is 1.56. The highest BCUT2D eigenvalue weighted by atomic mass is 16.5. The van der Waals surface area contributed by atoms with Crippen LogP contribution >= 0.6 is 0 Å². The zero-order valence-corrected chi connectivity index (χ0v) is 15.7. The van der Waals surface area contributed by atoms with Gasteiger partial charge in [-0.1, -0.05) is 48.5 Å². The van der Waals surface area contributed by atoms with Crippen molar-refractivity contribution in [2.75, 3.05) is 5.32 Å². The van der Waals surface area contributed by atoms with E-state index in [4.69, 9.17) is 4.74 Å². The lowest BCUT2D eigenvalue weighted by atomic mass is 10.1. The molecule has 1 atom stereocenters. The van der Waals surface area contributed by atoms with E-state index in [1.165, 1.54) is 10.6 Å². The molecule has 146 valence electrons. The molecule has 4 rings (SSSR count). The zero-order valence-electron chi connectivity index (χ0n) is 15.7. The number of carbonyl (C=O) groups is 1. The second-order valence-electron chi connectivity index (χ2n) is 6.51. The third kappa shape index (κ3) is 4.32. The Labute approximate surface area is 166 Å². The Kier molecular flexibility index (Phi) is 5.07. The van der Waals surface area contributed by atoms with Crippen LogP contribution in [0.5, 0.6) is 5.75 Å². The molecule has 2 aromatic carbocycles. The number of aromatic nitrogens is 4. The van der Waals surface area contributed by atoms with E-state index in [9.17, 15) is 9.59 Å². The maximum Gasteiger partial charge on any atom is 0.266 e. The summed E-state index contributed by atoms with van der Waals surface area (Å²) in [7, 11) is 0. The van der Waals surface area contributed by atoms with E-state index in [0.717, 1.165) is 5.56 Å². The minimum absolute atomic E-state index is 0.226. The average Bonchev–Trinajstić information content (AvgIpc) is 3.11. The number of rotatable bonds is 6. The van der Waals surface area contributed by atoms with Gasteiger partial charge in [-0.15, -0.1) is 5.10 Å². The van der Waals surface area contributed by atoms with E-state index in [2.05, 4.69) is 20.4 Å². The second kappa shape index (κ2) is 7.97. The number of hydrogen-bond donors (Lipinski definition) is 2. The first-order chi connectivity index (χ1) is 14.1. The summed E-state index contributed by atoms with van der Waals surface area (Å²) in [6, 6.07) is 20.1. The van der Waals surface area contributed by atoms with Gasteiger partial charge in [-0.05, 0) is 24.6 Å². The number of aromatic amines is 1. The van der Waals surface area contributed by atoms with Gasteiger partial charge < -0.3 is 10.1 Å². The molecule has 2 heterocycles. The van der Waals surface area contributed by atoms with Crippen LogP contribution in [0.15, 0.2) is 71.5 Å². The van der Waals surface area contributed by atoms with E-state index < -0.39 is 12.0 Å². The lowest BCUT2D eigenvalue weighted by Gasteiger charge is -2.14. The van der Waals surface area contributed by atoms with Crippen LogP contribution in [0.25, 0.3) is 5.78 Å². The predicted octanol–water partition coefficient (Wildman–Crippen LogP) is 2.41. The molecule has 0 spiro atoms. The molecule has 0 saturated carbocycles. The first-order valence-electron chi connectivity index (χ1n) is 9.14. The van der Waals surface area contributed by atoms with Crippen LogP contribution in [0, 0.1) is 0 Å². The number of anilines is 1. The third-order valence-corrected chi connectivity index (χ3v) is 4.26. The predicted molar refractivity (Wildman–Crippen MR) is 108 cm³/mol. The maximum atomic E-state index is 12.6. The normalized spacial score (nSPS) is 11.9. The van der Waals surface area contributed by atoms with Gasteiger partial charge in [0.2, 0.25) is 5.78 Å². The van der Waals surface area contributed by atoms with Crippen molar-refractivity contribution in [3.8, 4) is 5.75 Å². The molecule has 0 unspecified atom stereocenters. The highest BCUT2D eigenvalue weighted by Crippen LogP contribution is 2.13. The molecule has 0 aliphatic carbocycles. The molecular weight excluding hydrogens is 370 g/mol. The number of fused-ring (bicyclic) bond motifs is 1. The van der Waals surface area contributed by atoms with Crippen LogP contribution in [-0.2, 0) is 11.2 Å². The van der Waals surface area contributed by atoms with E-state index in [1.54, 1.807) is 19.1 Å². The van der Waals surface area contributed by atoms with Crippen molar-refractivity contribution >= 4 is 17.5 Å². The van der Waals surface area contributed by atoms with Crippen LogP contribution in [0.1, 0.15) is 18.3 Å². The minimum atomic E-state index is -0.765. The molecule has 0 radical (unpaired) electrons. The summed E-state index contributed by atoms with van der Waals surface area (Å²) >= 11 is 0. The number of H-pyrrole nitrogens is 1. The number of para-hydroxylation sites is 1. The maximum absolute atomic E-state index is 12.6. The van der Waals surface area contributed by atoms with Crippen molar-refractivity contribution in [3.63, 3.8) is 0 Å². The van der Waals surface area contributed by atoms with Gasteiger partial charge in [0.15, 0.2) is 11.9 Å². The number of hydrogen-bond acceptors (Lipinski definition) is 5. The van der Waals surface area contributed by atoms with E-state index in [-0.39, 0.29) is 17.2 Å². The highest BCUT2D eigenvalue weighted by molar-refractivity contribution is 5.93. The molecule has 2 N–H and O–H groups in total. The number of amides is 1. The molecule has 0 aliphatic heterocycles. The summed E-state index contributed by atoms with van der Waals surface area (Å²) in [5.41, 5.74) is 0.657. The molecule has 0 bridgehead atoms. The first-order valence-corrected chi connectivity index (χ1v) is 9.14. The molecular formula is C21H19N5O3. The van der Waals surface area contributed by atoms with Gasteiger partial charge in [0, 0.05) is 12.5 Å². The van der Waals surface area contributed by atoms with Gasteiger partial charge in [0.1, 0.15) is 11.6 Å². The highest BCUT2D eigenvalue weighted by Gasteiger charge is 2.18. The Morgan fingerprint density at radius 3 is 2.55 bits per heavy atom. The molecule has 29 heavy (non-hydrogen) atoms. The largest absolute Gasteiger partial charge is 0.481 e. The monoisotopic (exact) mass is 389 g/mol. The van der Waals surface area contributed by atoms with Crippen LogP contribution < -0.4 is 15.6 Å². The average molecular weight is 389 g/mol. The number of carbonyl (C=O) groups excluding carboxylic acids is 1. The SMILES string of the molecule is C[C@@H](Oc1ccccc1)C(=O)Nc1cc(=O)[nH]c2nc(Cc3ccccc3)nn12. The topological polar surface area (TPSA) is 101 Å². The van der Waals surface area contributed by atoms with Crippen molar-refractivity contribution < 1.29 is 9.53 Å². The molecule has 2 aromatic heterocycles.